The molecule has 0 aliphatic rings. The summed E-state index contributed by atoms with van der Waals surface area (Å²) in [6, 6.07) is 10.3. The Morgan fingerprint density at radius 2 is 1.83 bits per heavy atom. The van der Waals surface area contributed by atoms with Crippen LogP contribution in [0.1, 0.15) is 25.1 Å². The van der Waals surface area contributed by atoms with Crippen molar-refractivity contribution < 1.29 is 0 Å². The first-order chi connectivity index (χ1) is 11.3. The topological polar surface area (TPSA) is 46.8 Å². The van der Waals surface area contributed by atoms with Gasteiger partial charge in [-0.05, 0) is 25.5 Å². The molecule has 0 amide bonds. The first-order valence-corrected chi connectivity index (χ1v) is 7.93. The molecule has 0 bridgehead atoms. The Bertz CT molecular complexity index is 788. The molecule has 3 aromatic rings. The summed E-state index contributed by atoms with van der Waals surface area (Å²) >= 11 is 0. The Morgan fingerprint density at radius 1 is 1.04 bits per heavy atom. The second kappa shape index (κ2) is 7.05. The third-order valence-electron chi connectivity index (χ3n) is 3.88. The molecule has 2 heterocycles. The second-order valence-corrected chi connectivity index (χ2v) is 5.33. The van der Waals surface area contributed by atoms with Crippen LogP contribution in [-0.4, -0.2) is 37.5 Å². The van der Waals surface area contributed by atoms with E-state index in [0.29, 0.717) is 0 Å². The summed E-state index contributed by atoms with van der Waals surface area (Å²) in [4.78, 5) is 15.5. The van der Waals surface area contributed by atoms with Gasteiger partial charge in [0, 0.05) is 19.3 Å². The SMILES string of the molecule is CCN(/C=C/c1ncnc2c1ncn2Cc1ccccc1)CC. The van der Waals surface area contributed by atoms with E-state index in [1.807, 2.05) is 30.6 Å². The smallest absolute Gasteiger partial charge is 0.164 e. The predicted octanol–water partition coefficient (Wildman–Crippen LogP) is 3.19. The minimum absolute atomic E-state index is 0.757. The highest BCUT2D eigenvalue weighted by Gasteiger charge is 2.08. The van der Waals surface area contributed by atoms with Gasteiger partial charge >= 0.3 is 0 Å². The molecule has 0 saturated heterocycles. The van der Waals surface area contributed by atoms with Gasteiger partial charge in [0.15, 0.2) is 5.65 Å². The average molecular weight is 307 g/mol. The molecule has 0 fully saturated rings. The summed E-state index contributed by atoms with van der Waals surface area (Å²) in [6.45, 7) is 6.98. The molecule has 0 spiro atoms. The van der Waals surface area contributed by atoms with E-state index in [1.165, 1.54) is 5.56 Å². The predicted molar refractivity (Wildman–Crippen MR) is 92.8 cm³/mol. The van der Waals surface area contributed by atoms with Crippen molar-refractivity contribution in [1.29, 1.82) is 0 Å². The third-order valence-corrected chi connectivity index (χ3v) is 3.88. The molecule has 5 nitrogen and oxygen atoms in total. The van der Waals surface area contributed by atoms with Gasteiger partial charge in [-0.3, -0.25) is 0 Å². The van der Waals surface area contributed by atoms with E-state index >= 15 is 0 Å². The molecule has 2 aromatic heterocycles. The van der Waals surface area contributed by atoms with Gasteiger partial charge in [-0.25, -0.2) is 15.0 Å². The lowest BCUT2D eigenvalue weighted by Gasteiger charge is -2.14. The zero-order chi connectivity index (χ0) is 16.1. The highest BCUT2D eigenvalue weighted by Crippen LogP contribution is 2.16. The molecule has 0 radical (unpaired) electrons. The quantitative estimate of drug-likeness (QED) is 0.701. The standard InChI is InChI=1S/C18H21N5/c1-3-22(4-2)11-10-16-17-18(20-13-19-16)23(14-21-17)12-15-8-6-5-7-9-15/h5-11,13-14H,3-4,12H2,1-2H3/b11-10+. The summed E-state index contributed by atoms with van der Waals surface area (Å²) < 4.78 is 2.06. The Balaban J connectivity index is 1.91. The molecule has 0 unspecified atom stereocenters. The summed E-state index contributed by atoms with van der Waals surface area (Å²) in [7, 11) is 0. The maximum absolute atomic E-state index is 4.51. The van der Waals surface area contributed by atoms with Gasteiger partial charge in [-0.1, -0.05) is 30.3 Å². The van der Waals surface area contributed by atoms with Gasteiger partial charge < -0.3 is 9.47 Å². The van der Waals surface area contributed by atoms with Crippen molar-refractivity contribution in [3.05, 3.63) is 60.4 Å². The Hall–Kier alpha value is -2.69. The van der Waals surface area contributed by atoms with Crippen LogP contribution >= 0.6 is 0 Å². The Kier molecular flexibility index (Phi) is 4.66. The number of hydrogen-bond donors (Lipinski definition) is 0. The largest absolute Gasteiger partial charge is 0.378 e. The lowest BCUT2D eigenvalue weighted by Crippen LogP contribution is -2.15. The number of hydrogen-bond acceptors (Lipinski definition) is 4. The molecule has 0 atom stereocenters. The lowest BCUT2D eigenvalue weighted by molar-refractivity contribution is 0.421. The van der Waals surface area contributed by atoms with Crippen LogP contribution in [0.25, 0.3) is 17.2 Å². The van der Waals surface area contributed by atoms with E-state index in [4.69, 9.17) is 0 Å². The van der Waals surface area contributed by atoms with E-state index < -0.39 is 0 Å². The van der Waals surface area contributed by atoms with Gasteiger partial charge in [-0.2, -0.15) is 0 Å². The summed E-state index contributed by atoms with van der Waals surface area (Å²) in [5.74, 6) is 0. The van der Waals surface area contributed by atoms with E-state index in [2.05, 4.69) is 56.6 Å². The van der Waals surface area contributed by atoms with E-state index in [-0.39, 0.29) is 0 Å². The number of fused-ring (bicyclic) bond motifs is 1. The van der Waals surface area contributed by atoms with Gasteiger partial charge in [0.05, 0.1) is 18.6 Å². The van der Waals surface area contributed by atoms with Crippen LogP contribution in [0.5, 0.6) is 0 Å². The molecule has 1 aromatic carbocycles. The molecule has 0 aliphatic carbocycles. The maximum atomic E-state index is 4.51. The fourth-order valence-electron chi connectivity index (χ4n) is 2.53. The molecule has 0 saturated carbocycles. The summed E-state index contributed by atoms with van der Waals surface area (Å²) in [5, 5.41) is 0. The number of benzene rings is 1. The summed E-state index contributed by atoms with van der Waals surface area (Å²) in [5.41, 5.74) is 3.79. The maximum Gasteiger partial charge on any atom is 0.164 e. The average Bonchev–Trinajstić information content (AvgIpc) is 3.00. The van der Waals surface area contributed by atoms with Crippen molar-refractivity contribution >= 4 is 17.2 Å². The van der Waals surface area contributed by atoms with Crippen LogP contribution in [0, 0.1) is 0 Å². The van der Waals surface area contributed by atoms with Gasteiger partial charge in [0.1, 0.15) is 11.8 Å². The molecular formula is C18H21N5. The first-order valence-electron chi connectivity index (χ1n) is 7.93. The van der Waals surface area contributed by atoms with Crippen molar-refractivity contribution in [3.63, 3.8) is 0 Å². The molecule has 3 rings (SSSR count). The zero-order valence-electron chi connectivity index (χ0n) is 13.6. The Morgan fingerprint density at radius 3 is 2.57 bits per heavy atom. The van der Waals surface area contributed by atoms with Gasteiger partial charge in [-0.15, -0.1) is 0 Å². The van der Waals surface area contributed by atoms with Crippen LogP contribution in [0.4, 0.5) is 0 Å². The highest BCUT2D eigenvalue weighted by atomic mass is 15.1. The zero-order valence-corrected chi connectivity index (χ0v) is 13.6. The van der Waals surface area contributed by atoms with Gasteiger partial charge in [0.25, 0.3) is 0 Å². The number of nitrogens with zero attached hydrogens (tertiary/aromatic N) is 5. The van der Waals surface area contributed by atoms with Gasteiger partial charge in [0.2, 0.25) is 0 Å². The molecular weight excluding hydrogens is 286 g/mol. The summed E-state index contributed by atoms with van der Waals surface area (Å²) in [6.07, 6.45) is 7.52. The minimum Gasteiger partial charge on any atom is -0.378 e. The number of rotatable bonds is 6. The highest BCUT2D eigenvalue weighted by molar-refractivity contribution is 5.79. The minimum atomic E-state index is 0.757. The third kappa shape index (κ3) is 3.39. The molecule has 118 valence electrons. The lowest BCUT2D eigenvalue weighted by atomic mass is 10.2. The molecule has 0 N–H and O–H groups in total. The van der Waals surface area contributed by atoms with E-state index in [1.54, 1.807) is 6.33 Å². The second-order valence-electron chi connectivity index (χ2n) is 5.33. The molecule has 23 heavy (non-hydrogen) atoms. The van der Waals surface area contributed by atoms with Crippen molar-refractivity contribution in [1.82, 2.24) is 24.4 Å². The normalized spacial score (nSPS) is 11.4. The van der Waals surface area contributed by atoms with Crippen LogP contribution in [0.2, 0.25) is 0 Å². The first kappa shape index (κ1) is 15.2. The van der Waals surface area contributed by atoms with Crippen molar-refractivity contribution in [2.45, 2.75) is 20.4 Å². The molecule has 5 heteroatoms. The fourth-order valence-corrected chi connectivity index (χ4v) is 2.53. The van der Waals surface area contributed by atoms with Crippen molar-refractivity contribution in [2.24, 2.45) is 0 Å². The molecule has 0 aliphatic heterocycles. The van der Waals surface area contributed by atoms with Crippen molar-refractivity contribution in [2.75, 3.05) is 13.1 Å². The van der Waals surface area contributed by atoms with Crippen LogP contribution in [-0.2, 0) is 6.54 Å². The number of imidazole rings is 1. The van der Waals surface area contributed by atoms with Crippen LogP contribution < -0.4 is 0 Å². The number of aromatic nitrogens is 4. The van der Waals surface area contributed by atoms with E-state index in [0.717, 1.165) is 36.5 Å². The van der Waals surface area contributed by atoms with Crippen LogP contribution in [0.15, 0.2) is 49.2 Å². The van der Waals surface area contributed by atoms with E-state index in [9.17, 15) is 0 Å². The van der Waals surface area contributed by atoms with Crippen molar-refractivity contribution in [3.8, 4) is 0 Å². The Labute approximate surface area is 136 Å². The van der Waals surface area contributed by atoms with Crippen LogP contribution in [0.3, 0.4) is 0 Å². The fraction of sp³-hybridized carbons (Fsp3) is 0.278. The monoisotopic (exact) mass is 307 g/mol.